The van der Waals surface area contributed by atoms with Gasteiger partial charge in [0.25, 0.3) is 0 Å². The third-order valence-electron chi connectivity index (χ3n) is 3.53. The molecule has 2 aromatic carbocycles. The van der Waals surface area contributed by atoms with Crippen molar-refractivity contribution in [2.75, 3.05) is 23.8 Å². The number of esters is 1. The average molecular weight is 351 g/mol. The van der Waals surface area contributed by atoms with Gasteiger partial charge in [-0.2, -0.15) is 5.26 Å². The molecule has 0 bridgehead atoms. The molecule has 0 aliphatic heterocycles. The molecular formula is C20H21N3O3. The van der Waals surface area contributed by atoms with E-state index in [0.29, 0.717) is 24.3 Å². The Balaban J connectivity index is 1.81. The quantitative estimate of drug-likeness (QED) is 0.712. The van der Waals surface area contributed by atoms with E-state index < -0.39 is 0 Å². The molecule has 2 rings (SSSR count). The van der Waals surface area contributed by atoms with Crippen LogP contribution in [0.2, 0.25) is 0 Å². The summed E-state index contributed by atoms with van der Waals surface area (Å²) in [7, 11) is 0. The zero-order valence-electron chi connectivity index (χ0n) is 14.6. The largest absolute Gasteiger partial charge is 0.462 e. The molecule has 6 nitrogen and oxygen atoms in total. The van der Waals surface area contributed by atoms with Crippen LogP contribution in [0.1, 0.15) is 29.3 Å². The number of nitrogens with one attached hydrogen (secondary N) is 2. The van der Waals surface area contributed by atoms with E-state index in [-0.39, 0.29) is 18.4 Å². The minimum atomic E-state index is -0.351. The maximum atomic E-state index is 12.0. The number of nitrogens with zero attached hydrogens (tertiary/aromatic N) is 1. The van der Waals surface area contributed by atoms with Gasteiger partial charge in [0.2, 0.25) is 5.91 Å². The topological polar surface area (TPSA) is 91.2 Å². The number of carbonyl (C=O) groups is 2. The van der Waals surface area contributed by atoms with Gasteiger partial charge in [-0.05, 0) is 48.4 Å². The molecule has 0 atom stereocenters. The first-order valence-corrected chi connectivity index (χ1v) is 8.39. The molecule has 0 unspecified atom stereocenters. The van der Waals surface area contributed by atoms with Gasteiger partial charge in [0.1, 0.15) is 0 Å². The van der Waals surface area contributed by atoms with Gasteiger partial charge in [-0.15, -0.1) is 0 Å². The van der Waals surface area contributed by atoms with Crippen molar-refractivity contribution in [1.82, 2.24) is 0 Å². The zero-order valence-corrected chi connectivity index (χ0v) is 14.6. The van der Waals surface area contributed by atoms with E-state index in [0.717, 1.165) is 17.7 Å². The predicted octanol–water partition coefficient (Wildman–Crippen LogP) is 3.37. The van der Waals surface area contributed by atoms with Crippen molar-refractivity contribution in [3.8, 4) is 6.07 Å². The van der Waals surface area contributed by atoms with E-state index in [1.165, 1.54) is 0 Å². The lowest BCUT2D eigenvalue weighted by Gasteiger charge is -2.09. The molecule has 0 aliphatic rings. The smallest absolute Gasteiger partial charge is 0.338 e. The average Bonchev–Trinajstić information content (AvgIpc) is 2.66. The highest BCUT2D eigenvalue weighted by atomic mass is 16.5. The molecule has 0 aromatic heterocycles. The molecule has 0 radical (unpaired) electrons. The van der Waals surface area contributed by atoms with E-state index in [1.807, 2.05) is 19.1 Å². The first-order chi connectivity index (χ1) is 12.6. The summed E-state index contributed by atoms with van der Waals surface area (Å²) in [4.78, 5) is 23.7. The number of anilines is 2. The maximum absolute atomic E-state index is 12.0. The van der Waals surface area contributed by atoms with Crippen molar-refractivity contribution in [2.24, 2.45) is 0 Å². The highest BCUT2D eigenvalue weighted by Gasteiger charge is 2.07. The zero-order chi connectivity index (χ0) is 18.8. The number of nitriles is 1. The van der Waals surface area contributed by atoms with Crippen molar-refractivity contribution < 1.29 is 14.3 Å². The molecule has 1 amide bonds. The monoisotopic (exact) mass is 351 g/mol. The number of ether oxygens (including phenoxy) is 1. The van der Waals surface area contributed by atoms with Crippen LogP contribution in [-0.4, -0.2) is 25.0 Å². The lowest BCUT2D eigenvalue weighted by Crippen LogP contribution is -2.21. The van der Waals surface area contributed by atoms with Crippen LogP contribution in [0, 0.1) is 11.3 Å². The number of amides is 1. The molecule has 134 valence electrons. The molecule has 0 saturated heterocycles. The van der Waals surface area contributed by atoms with E-state index >= 15 is 0 Å². The van der Waals surface area contributed by atoms with Gasteiger partial charge in [-0.3, -0.25) is 4.79 Å². The molecule has 2 N–H and O–H groups in total. The van der Waals surface area contributed by atoms with E-state index in [2.05, 4.69) is 16.7 Å². The molecule has 0 fully saturated rings. The second-order valence-corrected chi connectivity index (χ2v) is 5.65. The second kappa shape index (κ2) is 9.84. The number of carbonyl (C=O) groups excluding carboxylic acids is 2. The summed E-state index contributed by atoms with van der Waals surface area (Å²) < 4.78 is 5.06. The highest BCUT2D eigenvalue weighted by molar-refractivity contribution is 5.94. The van der Waals surface area contributed by atoms with Crippen molar-refractivity contribution in [3.63, 3.8) is 0 Å². The summed E-state index contributed by atoms with van der Waals surface area (Å²) in [6.07, 6.45) is 1.12. The van der Waals surface area contributed by atoms with Crippen LogP contribution in [0.3, 0.4) is 0 Å². The Kier molecular flexibility index (Phi) is 7.19. The van der Waals surface area contributed by atoms with Crippen molar-refractivity contribution >= 4 is 23.3 Å². The van der Waals surface area contributed by atoms with Crippen LogP contribution in [0.25, 0.3) is 0 Å². The fourth-order valence-electron chi connectivity index (χ4n) is 2.19. The van der Waals surface area contributed by atoms with Gasteiger partial charge >= 0.3 is 5.97 Å². The molecule has 26 heavy (non-hydrogen) atoms. The van der Waals surface area contributed by atoms with Crippen LogP contribution in [0.15, 0.2) is 48.5 Å². The second-order valence-electron chi connectivity index (χ2n) is 5.65. The van der Waals surface area contributed by atoms with Crippen LogP contribution in [-0.2, 0) is 16.0 Å². The van der Waals surface area contributed by atoms with Gasteiger partial charge in [0.15, 0.2) is 0 Å². The van der Waals surface area contributed by atoms with Crippen molar-refractivity contribution in [1.29, 1.82) is 5.26 Å². The standard InChI is InChI=1S/C20H21N3O3/c1-2-13-26-20(25)16-5-9-17(10-6-16)22-14-19(24)23-18-7-3-15(4-8-18)11-12-21/h3-10,22H,2,11,13-14H2,1H3,(H,23,24). The molecular weight excluding hydrogens is 330 g/mol. The Hall–Kier alpha value is -3.33. The number of rotatable bonds is 8. The molecule has 0 spiro atoms. The van der Waals surface area contributed by atoms with Crippen molar-refractivity contribution in [2.45, 2.75) is 19.8 Å². The number of hydrogen-bond donors (Lipinski definition) is 2. The Labute approximate surface area is 152 Å². The van der Waals surface area contributed by atoms with Crippen LogP contribution >= 0.6 is 0 Å². The van der Waals surface area contributed by atoms with E-state index in [1.54, 1.807) is 36.4 Å². The number of hydrogen-bond acceptors (Lipinski definition) is 5. The van der Waals surface area contributed by atoms with Crippen LogP contribution < -0.4 is 10.6 Å². The van der Waals surface area contributed by atoms with Gasteiger partial charge in [-0.25, -0.2) is 4.79 Å². The molecule has 0 heterocycles. The summed E-state index contributed by atoms with van der Waals surface area (Å²) >= 11 is 0. The molecule has 0 aliphatic carbocycles. The minimum Gasteiger partial charge on any atom is -0.462 e. The predicted molar refractivity (Wildman–Crippen MR) is 99.9 cm³/mol. The van der Waals surface area contributed by atoms with Gasteiger partial charge < -0.3 is 15.4 Å². The fraction of sp³-hybridized carbons (Fsp3) is 0.250. The van der Waals surface area contributed by atoms with Crippen LogP contribution in [0.5, 0.6) is 0 Å². The lowest BCUT2D eigenvalue weighted by molar-refractivity contribution is -0.114. The maximum Gasteiger partial charge on any atom is 0.338 e. The fourth-order valence-corrected chi connectivity index (χ4v) is 2.19. The Morgan fingerprint density at radius 1 is 1.04 bits per heavy atom. The summed E-state index contributed by atoms with van der Waals surface area (Å²) in [5.41, 5.74) is 2.79. The van der Waals surface area contributed by atoms with Gasteiger partial charge in [0, 0.05) is 11.4 Å². The SMILES string of the molecule is CCCOC(=O)c1ccc(NCC(=O)Nc2ccc(CC#N)cc2)cc1. The third-order valence-corrected chi connectivity index (χ3v) is 3.53. The Bertz CT molecular complexity index is 777. The molecule has 2 aromatic rings. The summed E-state index contributed by atoms with van der Waals surface area (Å²) in [6, 6.07) is 16.0. The first kappa shape index (κ1) is 19.0. The van der Waals surface area contributed by atoms with E-state index in [4.69, 9.17) is 10.00 Å². The number of benzene rings is 2. The molecule has 6 heteroatoms. The summed E-state index contributed by atoms with van der Waals surface area (Å²) in [5, 5.41) is 14.4. The highest BCUT2D eigenvalue weighted by Crippen LogP contribution is 2.12. The first-order valence-electron chi connectivity index (χ1n) is 8.39. The Morgan fingerprint density at radius 2 is 1.69 bits per heavy atom. The summed E-state index contributed by atoms with van der Waals surface area (Å²) in [5.74, 6) is -0.541. The summed E-state index contributed by atoms with van der Waals surface area (Å²) in [6.45, 7) is 2.43. The van der Waals surface area contributed by atoms with Crippen LogP contribution in [0.4, 0.5) is 11.4 Å². The normalized spacial score (nSPS) is 9.85. The van der Waals surface area contributed by atoms with Gasteiger partial charge in [-0.1, -0.05) is 19.1 Å². The molecule has 0 saturated carbocycles. The van der Waals surface area contributed by atoms with E-state index in [9.17, 15) is 9.59 Å². The third kappa shape index (κ3) is 5.95. The lowest BCUT2D eigenvalue weighted by atomic mass is 10.1. The van der Waals surface area contributed by atoms with Crippen molar-refractivity contribution in [3.05, 3.63) is 59.7 Å². The van der Waals surface area contributed by atoms with Gasteiger partial charge in [0.05, 0.1) is 31.2 Å². The Morgan fingerprint density at radius 3 is 2.31 bits per heavy atom. The minimum absolute atomic E-state index is 0.0968.